The highest BCUT2D eigenvalue weighted by Crippen LogP contribution is 2.32. The van der Waals surface area contributed by atoms with Crippen molar-refractivity contribution in [2.75, 3.05) is 49.4 Å². The first-order chi connectivity index (χ1) is 18.6. The van der Waals surface area contributed by atoms with Crippen LogP contribution in [0.2, 0.25) is 0 Å². The summed E-state index contributed by atoms with van der Waals surface area (Å²) in [6, 6.07) is 15.3. The van der Waals surface area contributed by atoms with Crippen LogP contribution in [0, 0.1) is 0 Å². The first kappa shape index (κ1) is 25.1. The molecule has 0 unspecified atom stereocenters. The summed E-state index contributed by atoms with van der Waals surface area (Å²) in [6.07, 6.45) is 4.60. The van der Waals surface area contributed by atoms with Crippen molar-refractivity contribution in [1.29, 1.82) is 0 Å². The SMILES string of the molecule is C=CC(=O)Nc1ccnc(-c2cccc3cnc(Nc4ccc(NC5CN(CCF)C5)cc4OC)nc23)c1. The van der Waals surface area contributed by atoms with E-state index in [1.54, 1.807) is 31.6 Å². The van der Waals surface area contributed by atoms with Crippen LogP contribution in [-0.4, -0.2) is 65.2 Å². The van der Waals surface area contributed by atoms with E-state index < -0.39 is 0 Å². The maximum absolute atomic E-state index is 12.5. The summed E-state index contributed by atoms with van der Waals surface area (Å²) in [5.74, 6) is 0.746. The zero-order chi connectivity index (χ0) is 26.5. The van der Waals surface area contributed by atoms with E-state index in [-0.39, 0.29) is 18.6 Å². The number of alkyl halides is 1. The van der Waals surface area contributed by atoms with Gasteiger partial charge < -0.3 is 20.7 Å². The van der Waals surface area contributed by atoms with Gasteiger partial charge in [0.1, 0.15) is 12.4 Å². The molecule has 1 aliphatic heterocycles. The quantitative estimate of drug-likeness (QED) is 0.264. The van der Waals surface area contributed by atoms with Gasteiger partial charge in [0.05, 0.1) is 30.0 Å². The van der Waals surface area contributed by atoms with Crippen LogP contribution in [0.5, 0.6) is 5.75 Å². The minimum Gasteiger partial charge on any atom is -0.494 e. The van der Waals surface area contributed by atoms with Crippen LogP contribution in [0.3, 0.4) is 0 Å². The number of pyridine rings is 1. The van der Waals surface area contributed by atoms with Gasteiger partial charge in [-0.25, -0.2) is 14.4 Å². The Hall–Kier alpha value is -4.57. The van der Waals surface area contributed by atoms with E-state index in [9.17, 15) is 9.18 Å². The van der Waals surface area contributed by atoms with Crippen molar-refractivity contribution >= 4 is 39.8 Å². The van der Waals surface area contributed by atoms with Crippen LogP contribution >= 0.6 is 0 Å². The lowest BCUT2D eigenvalue weighted by Crippen LogP contribution is -2.55. The Kier molecular flexibility index (Phi) is 7.41. The molecule has 0 saturated carbocycles. The molecular weight excluding hydrogens is 485 g/mol. The number of fused-ring (bicyclic) bond motifs is 1. The number of methoxy groups -OCH3 is 1. The third-order valence-corrected chi connectivity index (χ3v) is 6.28. The standard InChI is InChI=1S/C28H28FN7O2/c1-3-26(37)33-20-9-11-30-24(13-20)22-6-4-5-18-15-31-28(35-27(18)22)34-23-8-7-19(14-25(23)38-2)32-21-16-36(17-21)12-10-29/h3-9,11,13-15,21,32H,1,10,12,16-17H2,2H3,(H,30,33,37)(H,31,34,35). The molecule has 10 heteroatoms. The summed E-state index contributed by atoms with van der Waals surface area (Å²) in [7, 11) is 1.61. The smallest absolute Gasteiger partial charge is 0.247 e. The summed E-state index contributed by atoms with van der Waals surface area (Å²) in [5, 5.41) is 10.3. The predicted molar refractivity (Wildman–Crippen MR) is 148 cm³/mol. The molecule has 1 amide bonds. The van der Waals surface area contributed by atoms with Gasteiger partial charge in [-0.2, -0.15) is 0 Å². The van der Waals surface area contributed by atoms with Crippen LogP contribution in [0.15, 0.2) is 73.6 Å². The Morgan fingerprint density at radius 2 is 2.05 bits per heavy atom. The average molecular weight is 514 g/mol. The van der Waals surface area contributed by atoms with Gasteiger partial charge in [0.2, 0.25) is 11.9 Å². The average Bonchev–Trinajstić information content (AvgIpc) is 2.92. The molecule has 2 aromatic heterocycles. The molecule has 5 rings (SSSR count). The molecule has 3 N–H and O–H groups in total. The fourth-order valence-electron chi connectivity index (χ4n) is 4.38. The van der Waals surface area contributed by atoms with Gasteiger partial charge in [0, 0.05) is 60.4 Å². The molecule has 1 fully saturated rings. The Balaban J connectivity index is 1.38. The van der Waals surface area contributed by atoms with E-state index in [0.29, 0.717) is 35.1 Å². The van der Waals surface area contributed by atoms with Crippen molar-refractivity contribution < 1.29 is 13.9 Å². The molecule has 194 valence electrons. The van der Waals surface area contributed by atoms with Gasteiger partial charge >= 0.3 is 0 Å². The molecule has 0 radical (unpaired) electrons. The second-order valence-corrected chi connectivity index (χ2v) is 8.89. The predicted octanol–water partition coefficient (Wildman–Crippen LogP) is 4.63. The van der Waals surface area contributed by atoms with Crippen LogP contribution in [0.25, 0.3) is 22.2 Å². The molecule has 0 bridgehead atoms. The monoisotopic (exact) mass is 513 g/mol. The molecule has 0 spiro atoms. The molecule has 0 atom stereocenters. The first-order valence-corrected chi connectivity index (χ1v) is 12.2. The van der Waals surface area contributed by atoms with Crippen molar-refractivity contribution in [2.45, 2.75) is 6.04 Å². The maximum Gasteiger partial charge on any atom is 0.247 e. The highest BCUT2D eigenvalue weighted by Gasteiger charge is 2.26. The van der Waals surface area contributed by atoms with Crippen molar-refractivity contribution in [1.82, 2.24) is 19.9 Å². The topological polar surface area (TPSA) is 104 Å². The number of halogens is 1. The Morgan fingerprint density at radius 1 is 1.18 bits per heavy atom. The van der Waals surface area contributed by atoms with Gasteiger partial charge in [-0.05, 0) is 30.3 Å². The number of ether oxygens (including phenoxy) is 1. The molecule has 1 saturated heterocycles. The van der Waals surface area contributed by atoms with E-state index in [4.69, 9.17) is 9.72 Å². The summed E-state index contributed by atoms with van der Waals surface area (Å²) >= 11 is 0. The van der Waals surface area contributed by atoms with E-state index in [1.165, 1.54) is 6.08 Å². The molecule has 2 aromatic carbocycles. The number of para-hydroxylation sites is 1. The molecule has 38 heavy (non-hydrogen) atoms. The zero-order valence-electron chi connectivity index (χ0n) is 20.9. The van der Waals surface area contributed by atoms with Crippen molar-refractivity contribution in [2.24, 2.45) is 0 Å². The minimum absolute atomic E-state index is 0.282. The number of hydrogen-bond donors (Lipinski definition) is 3. The third kappa shape index (κ3) is 5.55. The fraction of sp³-hybridized carbons (Fsp3) is 0.214. The number of nitrogens with one attached hydrogen (secondary N) is 3. The normalized spacial score (nSPS) is 13.5. The van der Waals surface area contributed by atoms with Crippen LogP contribution in [0.1, 0.15) is 0 Å². The summed E-state index contributed by atoms with van der Waals surface area (Å²) < 4.78 is 18.1. The second-order valence-electron chi connectivity index (χ2n) is 8.89. The Morgan fingerprint density at radius 3 is 2.84 bits per heavy atom. The highest BCUT2D eigenvalue weighted by molar-refractivity contribution is 5.99. The lowest BCUT2D eigenvalue weighted by atomic mass is 10.1. The highest BCUT2D eigenvalue weighted by atomic mass is 19.1. The maximum atomic E-state index is 12.5. The van der Waals surface area contributed by atoms with E-state index in [0.717, 1.165) is 35.4 Å². The number of anilines is 4. The van der Waals surface area contributed by atoms with E-state index in [1.807, 2.05) is 36.4 Å². The van der Waals surface area contributed by atoms with Crippen LogP contribution in [0.4, 0.5) is 27.4 Å². The lowest BCUT2D eigenvalue weighted by molar-refractivity contribution is -0.111. The van der Waals surface area contributed by atoms with Crippen molar-refractivity contribution in [3.05, 3.63) is 73.6 Å². The van der Waals surface area contributed by atoms with Gasteiger partial charge in [-0.3, -0.25) is 14.7 Å². The molecule has 1 aliphatic rings. The molecule has 4 aromatic rings. The lowest BCUT2D eigenvalue weighted by Gasteiger charge is -2.39. The summed E-state index contributed by atoms with van der Waals surface area (Å²) in [6.45, 7) is 5.28. The molecule has 9 nitrogen and oxygen atoms in total. The number of amides is 1. The number of aromatic nitrogens is 3. The van der Waals surface area contributed by atoms with Crippen molar-refractivity contribution in [3.63, 3.8) is 0 Å². The summed E-state index contributed by atoms with van der Waals surface area (Å²) in [4.78, 5) is 27.5. The minimum atomic E-state index is -0.323. The third-order valence-electron chi connectivity index (χ3n) is 6.28. The number of likely N-dealkylation sites (tertiary alicyclic amines) is 1. The van der Waals surface area contributed by atoms with Crippen LogP contribution < -0.4 is 20.7 Å². The second kappa shape index (κ2) is 11.2. The molecular formula is C28H28FN7O2. The van der Waals surface area contributed by atoms with Gasteiger partial charge in [-0.15, -0.1) is 0 Å². The number of hydrogen-bond acceptors (Lipinski definition) is 8. The van der Waals surface area contributed by atoms with E-state index in [2.05, 4.69) is 37.4 Å². The fourth-order valence-corrected chi connectivity index (χ4v) is 4.38. The number of carbonyl (C=O) groups excluding carboxylic acids is 1. The Bertz CT molecular complexity index is 1470. The number of rotatable bonds is 10. The Labute approximate surface area is 219 Å². The zero-order valence-corrected chi connectivity index (χ0v) is 20.9. The number of nitrogens with zero attached hydrogens (tertiary/aromatic N) is 4. The number of benzene rings is 2. The van der Waals surface area contributed by atoms with Gasteiger partial charge in [0.25, 0.3) is 0 Å². The van der Waals surface area contributed by atoms with Crippen LogP contribution in [-0.2, 0) is 4.79 Å². The van der Waals surface area contributed by atoms with Crippen molar-refractivity contribution in [3.8, 4) is 17.0 Å². The molecule has 0 aliphatic carbocycles. The van der Waals surface area contributed by atoms with Gasteiger partial charge in [-0.1, -0.05) is 24.8 Å². The van der Waals surface area contributed by atoms with Gasteiger partial charge in [0.15, 0.2) is 0 Å². The largest absolute Gasteiger partial charge is 0.494 e. The van der Waals surface area contributed by atoms with E-state index >= 15 is 0 Å². The summed E-state index contributed by atoms with van der Waals surface area (Å²) in [5.41, 5.74) is 4.43. The molecule has 3 heterocycles. The number of carbonyl (C=O) groups is 1. The first-order valence-electron chi connectivity index (χ1n) is 12.2.